The van der Waals surface area contributed by atoms with Crippen molar-refractivity contribution >= 4 is 27.5 Å². The summed E-state index contributed by atoms with van der Waals surface area (Å²) in [5.74, 6) is -0.400. The van der Waals surface area contributed by atoms with Crippen molar-refractivity contribution in [2.45, 2.75) is 52.6 Å². The minimum atomic E-state index is -3.54. The molecule has 0 heterocycles. The van der Waals surface area contributed by atoms with Gasteiger partial charge in [0.1, 0.15) is 6.04 Å². The summed E-state index contributed by atoms with van der Waals surface area (Å²) in [5.41, 5.74) is 4.55. The van der Waals surface area contributed by atoms with Crippen LogP contribution in [-0.4, -0.2) is 50.5 Å². The predicted octanol–water partition coefficient (Wildman–Crippen LogP) is 4.63. The summed E-state index contributed by atoms with van der Waals surface area (Å²) in [6.45, 7) is 6.69. The van der Waals surface area contributed by atoms with Gasteiger partial charge in [0.15, 0.2) is 0 Å². The molecule has 3 aromatic carbocycles. The van der Waals surface area contributed by atoms with Crippen LogP contribution in [0.1, 0.15) is 42.0 Å². The zero-order valence-electron chi connectivity index (χ0n) is 23.3. The Morgan fingerprint density at radius 3 is 2.15 bits per heavy atom. The molecule has 3 rings (SSSR count). The first kappa shape index (κ1) is 29.9. The first-order chi connectivity index (χ1) is 18.6. The van der Waals surface area contributed by atoms with Crippen molar-refractivity contribution in [2.24, 2.45) is 0 Å². The standard InChI is InChI=1S/C31H39N3O4S/c1-5-32-31(36)29(22-26-13-7-6-8-14-26)33(23-27-15-10-9-12-25(27)3)30(35)16-11-21-34(39(4,37)38)28-19-17-24(2)18-20-28/h6-10,12-15,17-20,29H,5,11,16,21-23H2,1-4H3,(H,32,36). The molecule has 1 N–H and O–H groups in total. The molecule has 0 fully saturated rings. The summed E-state index contributed by atoms with van der Waals surface area (Å²) in [7, 11) is -3.54. The van der Waals surface area contributed by atoms with E-state index in [9.17, 15) is 18.0 Å². The highest BCUT2D eigenvalue weighted by atomic mass is 32.2. The monoisotopic (exact) mass is 549 g/mol. The SMILES string of the molecule is CCNC(=O)C(Cc1ccccc1)N(Cc1ccccc1C)C(=O)CCCN(c1ccc(C)cc1)S(C)(=O)=O. The zero-order chi connectivity index (χ0) is 28.4. The molecule has 39 heavy (non-hydrogen) atoms. The number of likely N-dealkylation sites (N-methyl/N-ethyl adjacent to an activating group) is 1. The van der Waals surface area contributed by atoms with Gasteiger partial charge in [0.25, 0.3) is 0 Å². The van der Waals surface area contributed by atoms with E-state index in [1.165, 1.54) is 10.6 Å². The van der Waals surface area contributed by atoms with Crippen molar-refractivity contribution in [2.75, 3.05) is 23.7 Å². The van der Waals surface area contributed by atoms with Crippen molar-refractivity contribution in [3.63, 3.8) is 0 Å². The zero-order valence-corrected chi connectivity index (χ0v) is 24.1. The van der Waals surface area contributed by atoms with Crippen molar-refractivity contribution in [1.29, 1.82) is 0 Å². The van der Waals surface area contributed by atoms with E-state index >= 15 is 0 Å². The average molecular weight is 550 g/mol. The van der Waals surface area contributed by atoms with Crippen LogP contribution in [0.4, 0.5) is 5.69 Å². The lowest BCUT2D eigenvalue weighted by Crippen LogP contribution is -2.50. The molecule has 0 radical (unpaired) electrons. The molecule has 7 nitrogen and oxygen atoms in total. The van der Waals surface area contributed by atoms with Crippen LogP contribution >= 0.6 is 0 Å². The van der Waals surface area contributed by atoms with Gasteiger partial charge in [-0.05, 0) is 56.0 Å². The average Bonchev–Trinajstić information content (AvgIpc) is 2.90. The van der Waals surface area contributed by atoms with E-state index in [0.29, 0.717) is 25.1 Å². The molecule has 0 spiro atoms. The summed E-state index contributed by atoms with van der Waals surface area (Å²) in [6.07, 6.45) is 1.97. The number of aryl methyl sites for hydroxylation is 2. The number of rotatable bonds is 13. The van der Waals surface area contributed by atoms with Crippen molar-refractivity contribution < 1.29 is 18.0 Å². The fraction of sp³-hybridized carbons (Fsp3) is 0.355. The van der Waals surface area contributed by atoms with E-state index in [2.05, 4.69) is 5.32 Å². The number of carbonyl (C=O) groups excluding carboxylic acids is 2. The second-order valence-corrected chi connectivity index (χ2v) is 11.7. The van der Waals surface area contributed by atoms with Crippen LogP contribution in [0.15, 0.2) is 78.9 Å². The van der Waals surface area contributed by atoms with E-state index in [1.807, 2.05) is 87.5 Å². The van der Waals surface area contributed by atoms with Crippen LogP contribution < -0.4 is 9.62 Å². The summed E-state index contributed by atoms with van der Waals surface area (Å²) in [6, 6.07) is 24.1. The molecule has 1 atom stereocenters. The minimum absolute atomic E-state index is 0.106. The molecule has 8 heteroatoms. The fourth-order valence-electron chi connectivity index (χ4n) is 4.53. The van der Waals surface area contributed by atoms with E-state index in [1.54, 1.807) is 17.0 Å². The van der Waals surface area contributed by atoms with Crippen molar-refractivity contribution in [3.05, 3.63) is 101 Å². The van der Waals surface area contributed by atoms with Gasteiger partial charge in [-0.3, -0.25) is 13.9 Å². The Hall–Kier alpha value is -3.65. The van der Waals surface area contributed by atoms with Crippen molar-refractivity contribution in [1.82, 2.24) is 10.2 Å². The first-order valence-corrected chi connectivity index (χ1v) is 15.1. The lowest BCUT2D eigenvalue weighted by molar-refractivity contribution is -0.141. The van der Waals surface area contributed by atoms with Gasteiger partial charge in [0.05, 0.1) is 11.9 Å². The molecule has 3 aromatic rings. The van der Waals surface area contributed by atoms with Crippen LogP contribution in [0, 0.1) is 13.8 Å². The number of sulfonamides is 1. The lowest BCUT2D eigenvalue weighted by atomic mass is 10.0. The maximum absolute atomic E-state index is 13.8. The fourth-order valence-corrected chi connectivity index (χ4v) is 5.50. The molecule has 0 aliphatic carbocycles. The third-order valence-electron chi connectivity index (χ3n) is 6.70. The molecule has 2 amide bonds. The molecule has 1 unspecified atom stereocenters. The number of benzene rings is 3. The Morgan fingerprint density at radius 1 is 0.897 bits per heavy atom. The molecule has 0 bridgehead atoms. The number of anilines is 1. The summed E-state index contributed by atoms with van der Waals surface area (Å²) in [5, 5.41) is 2.90. The Morgan fingerprint density at radius 2 is 1.54 bits per heavy atom. The maximum atomic E-state index is 13.8. The van der Waals surface area contributed by atoms with Crippen LogP contribution in [-0.2, 0) is 32.6 Å². The van der Waals surface area contributed by atoms with Gasteiger partial charge in [-0.25, -0.2) is 8.42 Å². The Bertz CT molecular complexity index is 1340. The van der Waals surface area contributed by atoms with E-state index in [0.717, 1.165) is 22.3 Å². The summed E-state index contributed by atoms with van der Waals surface area (Å²) in [4.78, 5) is 28.7. The third-order valence-corrected chi connectivity index (χ3v) is 7.89. The summed E-state index contributed by atoms with van der Waals surface area (Å²) < 4.78 is 26.4. The number of hydrogen-bond acceptors (Lipinski definition) is 4. The van der Waals surface area contributed by atoms with Gasteiger partial charge in [0, 0.05) is 32.5 Å². The summed E-state index contributed by atoms with van der Waals surface area (Å²) >= 11 is 0. The third kappa shape index (κ3) is 8.68. The highest BCUT2D eigenvalue weighted by Crippen LogP contribution is 2.21. The van der Waals surface area contributed by atoms with E-state index in [4.69, 9.17) is 0 Å². The minimum Gasteiger partial charge on any atom is -0.355 e. The van der Waals surface area contributed by atoms with E-state index < -0.39 is 16.1 Å². The molecule has 0 aliphatic heterocycles. The predicted molar refractivity (Wildman–Crippen MR) is 157 cm³/mol. The molecule has 0 saturated heterocycles. The smallest absolute Gasteiger partial charge is 0.243 e. The lowest BCUT2D eigenvalue weighted by Gasteiger charge is -2.32. The van der Waals surface area contributed by atoms with Crippen LogP contribution in [0.25, 0.3) is 0 Å². The van der Waals surface area contributed by atoms with Gasteiger partial charge in [-0.2, -0.15) is 0 Å². The second kappa shape index (κ2) is 13.9. The highest BCUT2D eigenvalue weighted by molar-refractivity contribution is 7.92. The highest BCUT2D eigenvalue weighted by Gasteiger charge is 2.30. The number of hydrogen-bond donors (Lipinski definition) is 1. The van der Waals surface area contributed by atoms with Gasteiger partial charge >= 0.3 is 0 Å². The van der Waals surface area contributed by atoms with E-state index in [-0.39, 0.29) is 31.3 Å². The normalized spacial score (nSPS) is 12.0. The quantitative estimate of drug-likeness (QED) is 0.337. The largest absolute Gasteiger partial charge is 0.355 e. The molecular formula is C31H39N3O4S. The molecule has 0 aromatic heterocycles. The Balaban J connectivity index is 1.86. The number of nitrogens with one attached hydrogen (secondary N) is 1. The van der Waals surface area contributed by atoms with Crippen LogP contribution in [0.3, 0.4) is 0 Å². The molecule has 208 valence electrons. The topological polar surface area (TPSA) is 86.8 Å². The van der Waals surface area contributed by atoms with Crippen LogP contribution in [0.5, 0.6) is 0 Å². The van der Waals surface area contributed by atoms with Gasteiger partial charge in [-0.1, -0.05) is 72.3 Å². The van der Waals surface area contributed by atoms with Gasteiger partial charge < -0.3 is 10.2 Å². The maximum Gasteiger partial charge on any atom is 0.243 e. The van der Waals surface area contributed by atoms with Gasteiger partial charge in [0.2, 0.25) is 21.8 Å². The van der Waals surface area contributed by atoms with Gasteiger partial charge in [-0.15, -0.1) is 0 Å². The Labute approximate surface area is 232 Å². The molecule has 0 aliphatic rings. The molecule has 0 saturated carbocycles. The van der Waals surface area contributed by atoms with Crippen LogP contribution in [0.2, 0.25) is 0 Å². The second-order valence-electron chi connectivity index (χ2n) is 9.82. The van der Waals surface area contributed by atoms with Crippen molar-refractivity contribution in [3.8, 4) is 0 Å². The number of carbonyl (C=O) groups is 2. The first-order valence-electron chi connectivity index (χ1n) is 13.3. The number of nitrogens with zero attached hydrogens (tertiary/aromatic N) is 2. The Kier molecular flexibility index (Phi) is 10.7. The number of amides is 2. The molecular weight excluding hydrogens is 510 g/mol.